The lowest BCUT2D eigenvalue weighted by Gasteiger charge is -2.29. The topological polar surface area (TPSA) is 52.3 Å². The van der Waals surface area contributed by atoms with Crippen molar-refractivity contribution in [3.63, 3.8) is 0 Å². The van der Waals surface area contributed by atoms with E-state index in [0.29, 0.717) is 11.7 Å². The number of hydrogen-bond acceptors (Lipinski definition) is 4. The molecule has 1 saturated carbocycles. The van der Waals surface area contributed by atoms with E-state index in [1.807, 2.05) is 0 Å². The predicted molar refractivity (Wildman–Crippen MR) is 59.3 cm³/mol. The predicted octanol–water partition coefficient (Wildman–Crippen LogP) is 1.37. The first-order chi connectivity index (χ1) is 6.65. The quantitative estimate of drug-likeness (QED) is 0.554. The lowest BCUT2D eigenvalue weighted by atomic mass is 9.88. The third-order valence-corrected chi connectivity index (χ3v) is 3.19. The second-order valence-corrected chi connectivity index (χ2v) is 4.39. The summed E-state index contributed by atoms with van der Waals surface area (Å²) in [4.78, 5) is 11.4. The first-order valence-electron chi connectivity index (χ1n) is 5.22. The van der Waals surface area contributed by atoms with Crippen molar-refractivity contribution >= 4 is 18.6 Å². The molecule has 3 nitrogen and oxygen atoms in total. The Hall–Kier alpha value is -0.220. The standard InChI is InChI=1S/C10H19NO2S/c1-7-4-2-3-5-9(7)13-10(12)8(11)6-14/h7-9,14H,2-6,11H2,1H3/t7?,8-,9?/m1/s1. The Bertz CT molecular complexity index is 199. The molecule has 82 valence electrons. The van der Waals surface area contributed by atoms with Gasteiger partial charge in [0.25, 0.3) is 0 Å². The van der Waals surface area contributed by atoms with Crippen molar-refractivity contribution in [3.8, 4) is 0 Å². The molecule has 0 aliphatic heterocycles. The lowest BCUT2D eigenvalue weighted by Crippen LogP contribution is -2.38. The zero-order valence-corrected chi connectivity index (χ0v) is 9.50. The lowest BCUT2D eigenvalue weighted by molar-refractivity contribution is -0.154. The fourth-order valence-corrected chi connectivity index (χ4v) is 1.92. The number of ether oxygens (including phenoxy) is 1. The molecule has 0 spiro atoms. The van der Waals surface area contributed by atoms with Gasteiger partial charge in [-0.3, -0.25) is 4.79 Å². The average Bonchev–Trinajstić information content (AvgIpc) is 2.20. The molecule has 4 heteroatoms. The van der Waals surface area contributed by atoms with Crippen molar-refractivity contribution < 1.29 is 9.53 Å². The first kappa shape index (κ1) is 11.9. The molecular formula is C10H19NO2S. The van der Waals surface area contributed by atoms with Gasteiger partial charge in [-0.05, 0) is 25.2 Å². The van der Waals surface area contributed by atoms with Crippen molar-refractivity contribution in [2.75, 3.05) is 5.75 Å². The molecule has 1 aliphatic rings. The summed E-state index contributed by atoms with van der Waals surface area (Å²) in [6.07, 6.45) is 4.59. The molecule has 0 aromatic heterocycles. The molecule has 3 atom stereocenters. The van der Waals surface area contributed by atoms with Gasteiger partial charge in [0.1, 0.15) is 12.1 Å². The molecule has 0 amide bonds. The molecular weight excluding hydrogens is 198 g/mol. The summed E-state index contributed by atoms with van der Waals surface area (Å²) in [6.45, 7) is 2.13. The first-order valence-corrected chi connectivity index (χ1v) is 5.85. The van der Waals surface area contributed by atoms with Crippen LogP contribution in [0.1, 0.15) is 32.6 Å². The molecule has 14 heavy (non-hydrogen) atoms. The maximum absolute atomic E-state index is 11.4. The Morgan fingerprint density at radius 1 is 1.57 bits per heavy atom. The zero-order chi connectivity index (χ0) is 10.6. The molecule has 0 aromatic carbocycles. The fraction of sp³-hybridized carbons (Fsp3) is 0.900. The number of carbonyl (C=O) groups is 1. The molecule has 0 saturated heterocycles. The molecule has 1 aliphatic carbocycles. The smallest absolute Gasteiger partial charge is 0.324 e. The van der Waals surface area contributed by atoms with Crippen LogP contribution in [0.2, 0.25) is 0 Å². The Balaban J connectivity index is 2.38. The second-order valence-electron chi connectivity index (χ2n) is 4.03. The Kier molecular flexibility index (Phi) is 4.75. The van der Waals surface area contributed by atoms with Crippen molar-refractivity contribution in [2.24, 2.45) is 11.7 Å². The largest absolute Gasteiger partial charge is 0.461 e. The molecule has 0 bridgehead atoms. The van der Waals surface area contributed by atoms with E-state index < -0.39 is 6.04 Å². The average molecular weight is 217 g/mol. The normalized spacial score (nSPS) is 29.6. The number of rotatable bonds is 3. The molecule has 2 N–H and O–H groups in total. The van der Waals surface area contributed by atoms with Gasteiger partial charge < -0.3 is 10.5 Å². The number of esters is 1. The monoisotopic (exact) mass is 217 g/mol. The van der Waals surface area contributed by atoms with Crippen LogP contribution in [0.3, 0.4) is 0 Å². The van der Waals surface area contributed by atoms with E-state index in [1.165, 1.54) is 6.42 Å². The van der Waals surface area contributed by atoms with Crippen molar-refractivity contribution in [3.05, 3.63) is 0 Å². The summed E-state index contributed by atoms with van der Waals surface area (Å²) in [6, 6.07) is -0.576. The van der Waals surface area contributed by atoms with Crippen molar-refractivity contribution in [1.29, 1.82) is 0 Å². The molecule has 0 aromatic rings. The zero-order valence-electron chi connectivity index (χ0n) is 8.61. The fourth-order valence-electron chi connectivity index (χ4n) is 1.77. The van der Waals surface area contributed by atoms with E-state index in [9.17, 15) is 4.79 Å². The maximum Gasteiger partial charge on any atom is 0.324 e. The Morgan fingerprint density at radius 3 is 2.79 bits per heavy atom. The van der Waals surface area contributed by atoms with Crippen LogP contribution in [0, 0.1) is 5.92 Å². The summed E-state index contributed by atoms with van der Waals surface area (Å²) in [5, 5.41) is 0. The van der Waals surface area contributed by atoms with Crippen LogP contribution in [-0.2, 0) is 9.53 Å². The molecule has 2 unspecified atom stereocenters. The van der Waals surface area contributed by atoms with Gasteiger partial charge in [-0.15, -0.1) is 0 Å². The summed E-state index contributed by atoms with van der Waals surface area (Å²) in [5.41, 5.74) is 5.53. The highest BCUT2D eigenvalue weighted by molar-refractivity contribution is 7.80. The van der Waals surface area contributed by atoms with E-state index in [0.717, 1.165) is 19.3 Å². The second kappa shape index (κ2) is 5.61. The van der Waals surface area contributed by atoms with Crippen LogP contribution in [0.25, 0.3) is 0 Å². The Morgan fingerprint density at radius 2 is 2.21 bits per heavy atom. The van der Waals surface area contributed by atoms with Crippen LogP contribution in [0.4, 0.5) is 0 Å². The van der Waals surface area contributed by atoms with Gasteiger partial charge in [0, 0.05) is 5.75 Å². The van der Waals surface area contributed by atoms with E-state index in [2.05, 4.69) is 19.6 Å². The highest BCUT2D eigenvalue weighted by atomic mass is 32.1. The van der Waals surface area contributed by atoms with Crippen molar-refractivity contribution in [2.45, 2.75) is 44.8 Å². The number of carbonyl (C=O) groups excluding carboxylic acids is 1. The van der Waals surface area contributed by atoms with Crippen LogP contribution >= 0.6 is 12.6 Å². The van der Waals surface area contributed by atoms with Gasteiger partial charge in [-0.2, -0.15) is 12.6 Å². The maximum atomic E-state index is 11.4. The summed E-state index contributed by atoms with van der Waals surface area (Å²) in [7, 11) is 0. The van der Waals surface area contributed by atoms with Gasteiger partial charge in [-0.1, -0.05) is 13.3 Å². The molecule has 1 fully saturated rings. The Labute approximate surface area is 90.8 Å². The van der Waals surface area contributed by atoms with Crippen LogP contribution in [-0.4, -0.2) is 23.9 Å². The molecule has 1 rings (SSSR count). The minimum atomic E-state index is -0.576. The summed E-state index contributed by atoms with van der Waals surface area (Å²) in [5.74, 6) is 0.512. The van der Waals surface area contributed by atoms with E-state index in [4.69, 9.17) is 10.5 Å². The van der Waals surface area contributed by atoms with Gasteiger partial charge in [0.15, 0.2) is 0 Å². The third-order valence-electron chi connectivity index (χ3n) is 2.80. The van der Waals surface area contributed by atoms with Crippen LogP contribution in [0.5, 0.6) is 0 Å². The van der Waals surface area contributed by atoms with Crippen molar-refractivity contribution in [1.82, 2.24) is 0 Å². The van der Waals surface area contributed by atoms with Gasteiger partial charge >= 0.3 is 5.97 Å². The minimum absolute atomic E-state index is 0.0715. The number of thiol groups is 1. The highest BCUT2D eigenvalue weighted by Crippen LogP contribution is 2.26. The van der Waals surface area contributed by atoms with Gasteiger partial charge in [0.05, 0.1) is 0 Å². The van der Waals surface area contributed by atoms with Crippen LogP contribution < -0.4 is 5.73 Å². The van der Waals surface area contributed by atoms with E-state index >= 15 is 0 Å². The number of nitrogens with two attached hydrogens (primary N) is 1. The SMILES string of the molecule is CC1CCCCC1OC(=O)[C@H](N)CS. The third kappa shape index (κ3) is 3.17. The van der Waals surface area contributed by atoms with Gasteiger partial charge in [-0.25, -0.2) is 0 Å². The minimum Gasteiger partial charge on any atom is -0.461 e. The van der Waals surface area contributed by atoms with Gasteiger partial charge in [0.2, 0.25) is 0 Å². The van der Waals surface area contributed by atoms with Crippen LogP contribution in [0.15, 0.2) is 0 Å². The summed E-state index contributed by atoms with van der Waals surface area (Å²) < 4.78 is 5.34. The number of hydrogen-bond donors (Lipinski definition) is 2. The summed E-state index contributed by atoms with van der Waals surface area (Å²) >= 11 is 3.97. The van der Waals surface area contributed by atoms with E-state index in [-0.39, 0.29) is 12.1 Å². The molecule has 0 heterocycles. The highest BCUT2D eigenvalue weighted by Gasteiger charge is 2.26. The molecule has 0 radical (unpaired) electrons. The van der Waals surface area contributed by atoms with E-state index in [1.54, 1.807) is 0 Å².